The molecular weight excluding hydrogens is 278 g/mol. The minimum atomic E-state index is -0.380. The third-order valence-corrected chi connectivity index (χ3v) is 2.90. The van der Waals surface area contributed by atoms with E-state index in [0.717, 1.165) is 5.56 Å². The van der Waals surface area contributed by atoms with E-state index in [1.54, 1.807) is 0 Å². The van der Waals surface area contributed by atoms with Crippen molar-refractivity contribution in [2.45, 2.75) is 32.4 Å². The van der Waals surface area contributed by atoms with Gasteiger partial charge in [-0.25, -0.2) is 0 Å². The lowest BCUT2D eigenvalue weighted by Gasteiger charge is -2.10. The Balaban J connectivity index is 1.98. The van der Waals surface area contributed by atoms with Crippen molar-refractivity contribution in [3.05, 3.63) is 46.6 Å². The van der Waals surface area contributed by atoms with E-state index >= 15 is 0 Å². The van der Waals surface area contributed by atoms with Crippen LogP contribution in [-0.2, 0) is 11.2 Å². The highest BCUT2D eigenvalue weighted by atomic mass is 35.5. The monoisotopic (exact) mass is 295 g/mol. The summed E-state index contributed by atoms with van der Waals surface area (Å²) >= 11 is 5.93. The number of ether oxygens (including phenoxy) is 1. The van der Waals surface area contributed by atoms with E-state index in [9.17, 15) is 0 Å². The number of nitrogens with zero attached hydrogens (tertiary/aromatic N) is 2. The summed E-state index contributed by atoms with van der Waals surface area (Å²) in [4.78, 5) is 4.29. The molecule has 0 bridgehead atoms. The zero-order valence-corrected chi connectivity index (χ0v) is 12.3. The molecule has 0 saturated heterocycles. The smallest absolute Gasteiger partial charge is 0.231 e. The van der Waals surface area contributed by atoms with E-state index < -0.39 is 0 Å². The van der Waals surface area contributed by atoms with Gasteiger partial charge in [0.1, 0.15) is 0 Å². The van der Waals surface area contributed by atoms with Crippen LogP contribution in [0.3, 0.4) is 0 Å². The molecule has 2 N–H and O–H groups in total. The van der Waals surface area contributed by atoms with Crippen LogP contribution in [0.2, 0.25) is 5.02 Å². The van der Waals surface area contributed by atoms with Crippen LogP contribution in [0.15, 0.2) is 28.8 Å². The highest BCUT2D eigenvalue weighted by Gasteiger charge is 2.15. The maximum atomic E-state index is 5.94. The van der Waals surface area contributed by atoms with E-state index in [4.69, 9.17) is 26.6 Å². The molecule has 5 nitrogen and oxygen atoms in total. The zero-order valence-electron chi connectivity index (χ0n) is 11.5. The summed E-state index contributed by atoms with van der Waals surface area (Å²) in [6.07, 6.45) is 0.657. The van der Waals surface area contributed by atoms with Crippen LogP contribution in [0.1, 0.15) is 37.2 Å². The molecule has 0 amide bonds. The van der Waals surface area contributed by atoms with Crippen molar-refractivity contribution in [2.24, 2.45) is 5.73 Å². The molecule has 1 aromatic heterocycles. The number of nitrogens with two attached hydrogens (primary N) is 1. The molecule has 2 rings (SSSR count). The Labute approximate surface area is 123 Å². The van der Waals surface area contributed by atoms with Crippen LogP contribution >= 0.6 is 11.6 Å². The van der Waals surface area contributed by atoms with E-state index in [1.807, 2.05) is 38.1 Å². The number of halogens is 1. The van der Waals surface area contributed by atoms with Crippen molar-refractivity contribution in [3.8, 4) is 0 Å². The predicted octanol–water partition coefficient (Wildman–Crippen LogP) is 2.74. The molecule has 1 atom stereocenters. The molecule has 1 heterocycles. The Morgan fingerprint density at radius 3 is 2.90 bits per heavy atom. The molecule has 0 spiro atoms. The fraction of sp³-hybridized carbons (Fsp3) is 0.429. The topological polar surface area (TPSA) is 74.2 Å². The van der Waals surface area contributed by atoms with Gasteiger partial charge in [0, 0.05) is 5.02 Å². The van der Waals surface area contributed by atoms with E-state index in [2.05, 4.69) is 10.1 Å². The van der Waals surface area contributed by atoms with Gasteiger partial charge in [-0.2, -0.15) is 4.98 Å². The van der Waals surface area contributed by atoms with Gasteiger partial charge in [0.25, 0.3) is 0 Å². The summed E-state index contributed by atoms with van der Waals surface area (Å²) in [5.74, 6) is 0.977. The Kier molecular flexibility index (Phi) is 5.11. The van der Waals surface area contributed by atoms with Crippen molar-refractivity contribution in [1.82, 2.24) is 10.1 Å². The molecule has 0 fully saturated rings. The van der Waals surface area contributed by atoms with Crippen LogP contribution < -0.4 is 5.73 Å². The highest BCUT2D eigenvalue weighted by molar-refractivity contribution is 6.30. The normalized spacial score (nSPS) is 12.8. The first kappa shape index (κ1) is 15.0. The van der Waals surface area contributed by atoms with Gasteiger partial charge in [0.15, 0.2) is 5.82 Å². The Morgan fingerprint density at radius 1 is 1.40 bits per heavy atom. The molecule has 1 aromatic carbocycles. The summed E-state index contributed by atoms with van der Waals surface area (Å²) in [7, 11) is 0. The molecule has 1 unspecified atom stereocenters. The van der Waals surface area contributed by atoms with Crippen LogP contribution in [0.25, 0.3) is 0 Å². The van der Waals surface area contributed by atoms with Gasteiger partial charge in [0.05, 0.1) is 25.2 Å². The van der Waals surface area contributed by atoms with Crippen molar-refractivity contribution >= 4 is 11.6 Å². The fourth-order valence-corrected chi connectivity index (χ4v) is 1.90. The van der Waals surface area contributed by atoms with Crippen molar-refractivity contribution < 1.29 is 9.26 Å². The zero-order chi connectivity index (χ0) is 14.5. The second-order valence-electron chi connectivity index (χ2n) is 4.84. The van der Waals surface area contributed by atoms with Crippen LogP contribution in [0.5, 0.6) is 0 Å². The lowest BCUT2D eigenvalue weighted by atomic mass is 10.1. The summed E-state index contributed by atoms with van der Waals surface area (Å²) in [6, 6.07) is 7.15. The van der Waals surface area contributed by atoms with Gasteiger partial charge in [0.2, 0.25) is 5.89 Å². The first-order chi connectivity index (χ1) is 9.54. The Morgan fingerprint density at radius 2 is 2.20 bits per heavy atom. The van der Waals surface area contributed by atoms with Crippen LogP contribution in [0.4, 0.5) is 0 Å². The SMILES string of the molecule is CC(C)OCC(N)c1noc(Cc2cccc(Cl)c2)n1. The van der Waals surface area contributed by atoms with E-state index in [-0.39, 0.29) is 12.1 Å². The van der Waals surface area contributed by atoms with Crippen LogP contribution in [0, 0.1) is 0 Å². The standard InChI is InChI=1S/C14H18ClN3O2/c1-9(2)19-8-12(16)14-17-13(20-18-14)7-10-4-3-5-11(15)6-10/h3-6,9,12H,7-8,16H2,1-2H3. The van der Waals surface area contributed by atoms with E-state index in [0.29, 0.717) is 29.8 Å². The number of benzene rings is 1. The number of rotatable bonds is 6. The summed E-state index contributed by atoms with van der Waals surface area (Å²) in [6.45, 7) is 4.27. The fourth-order valence-electron chi connectivity index (χ4n) is 1.68. The quantitative estimate of drug-likeness (QED) is 0.887. The number of aromatic nitrogens is 2. The Hall–Kier alpha value is -1.43. The second kappa shape index (κ2) is 6.83. The molecular formula is C14H18ClN3O2. The van der Waals surface area contributed by atoms with Crippen molar-refractivity contribution in [3.63, 3.8) is 0 Å². The van der Waals surface area contributed by atoms with Crippen molar-refractivity contribution in [1.29, 1.82) is 0 Å². The molecule has 0 aliphatic rings. The van der Waals surface area contributed by atoms with Gasteiger partial charge in [-0.15, -0.1) is 0 Å². The van der Waals surface area contributed by atoms with Gasteiger partial charge >= 0.3 is 0 Å². The molecule has 6 heteroatoms. The first-order valence-corrected chi connectivity index (χ1v) is 6.86. The average molecular weight is 296 g/mol. The lowest BCUT2D eigenvalue weighted by Crippen LogP contribution is -2.20. The largest absolute Gasteiger partial charge is 0.377 e. The lowest BCUT2D eigenvalue weighted by molar-refractivity contribution is 0.0665. The number of hydrogen-bond donors (Lipinski definition) is 1. The molecule has 20 heavy (non-hydrogen) atoms. The minimum absolute atomic E-state index is 0.124. The van der Waals surface area contributed by atoms with Gasteiger partial charge in [-0.1, -0.05) is 28.9 Å². The summed E-state index contributed by atoms with van der Waals surface area (Å²) < 4.78 is 10.6. The summed E-state index contributed by atoms with van der Waals surface area (Å²) in [5.41, 5.74) is 6.96. The van der Waals surface area contributed by atoms with E-state index in [1.165, 1.54) is 0 Å². The third-order valence-electron chi connectivity index (χ3n) is 2.67. The number of hydrogen-bond acceptors (Lipinski definition) is 5. The van der Waals surface area contributed by atoms with Gasteiger partial charge in [-0.05, 0) is 31.5 Å². The Bertz CT molecular complexity index is 557. The molecule has 2 aromatic rings. The first-order valence-electron chi connectivity index (χ1n) is 6.48. The van der Waals surface area contributed by atoms with Gasteiger partial charge < -0.3 is 15.0 Å². The van der Waals surface area contributed by atoms with Crippen molar-refractivity contribution in [2.75, 3.05) is 6.61 Å². The second-order valence-corrected chi connectivity index (χ2v) is 5.28. The molecule has 0 saturated carbocycles. The predicted molar refractivity (Wildman–Crippen MR) is 76.6 cm³/mol. The highest BCUT2D eigenvalue weighted by Crippen LogP contribution is 2.15. The summed E-state index contributed by atoms with van der Waals surface area (Å²) in [5, 5.41) is 4.57. The maximum Gasteiger partial charge on any atom is 0.231 e. The molecule has 0 aliphatic carbocycles. The average Bonchev–Trinajstić information content (AvgIpc) is 2.84. The molecule has 0 aliphatic heterocycles. The minimum Gasteiger partial charge on any atom is -0.377 e. The third kappa shape index (κ3) is 4.30. The molecule has 108 valence electrons. The van der Waals surface area contributed by atoms with Crippen LogP contribution in [-0.4, -0.2) is 22.9 Å². The maximum absolute atomic E-state index is 5.94. The molecule has 0 radical (unpaired) electrons. The van der Waals surface area contributed by atoms with Gasteiger partial charge in [-0.3, -0.25) is 0 Å².